The summed E-state index contributed by atoms with van der Waals surface area (Å²) in [5.74, 6) is -1.68. The molecule has 63 heavy (non-hydrogen) atoms. The molecule has 0 spiro atoms. The number of anilines is 4. The smallest absolute Gasteiger partial charge is 0.296 e. The topological polar surface area (TPSA) is 382 Å². The van der Waals surface area contributed by atoms with Crippen LogP contribution in [-0.4, -0.2) is 65.3 Å². The van der Waals surface area contributed by atoms with E-state index in [1.165, 1.54) is 72.8 Å². The fourth-order valence-corrected chi connectivity index (χ4v) is 9.16. The number of nitrogens with one attached hydrogen (secondary N) is 1. The number of aliphatic hydroxyl groups is 1. The lowest BCUT2D eigenvalue weighted by Crippen LogP contribution is -2.12. The molecular weight excluding hydrogens is 928 g/mol. The molecule has 0 aromatic heterocycles. The van der Waals surface area contributed by atoms with Gasteiger partial charge in [0.15, 0.2) is 15.6 Å². The van der Waals surface area contributed by atoms with Gasteiger partial charge in [-0.1, -0.05) is 11.6 Å². The molecule has 0 atom stereocenters. The van der Waals surface area contributed by atoms with E-state index >= 15 is 0 Å². The number of aromatic hydroxyl groups is 1. The maximum Gasteiger partial charge on any atom is 0.296 e. The van der Waals surface area contributed by atoms with Gasteiger partial charge < -0.3 is 27.4 Å². The number of phenols is 1. The summed E-state index contributed by atoms with van der Waals surface area (Å²) in [6, 6.07) is 19.3. The number of nitrogens with two attached hydrogens (primary N) is 3. The van der Waals surface area contributed by atoms with Crippen LogP contribution in [0.5, 0.6) is 5.75 Å². The fourth-order valence-electron chi connectivity index (χ4n) is 5.57. The van der Waals surface area contributed by atoms with Crippen molar-refractivity contribution in [3.63, 3.8) is 0 Å². The van der Waals surface area contributed by atoms with E-state index in [0.29, 0.717) is 17.8 Å². The zero-order chi connectivity index (χ0) is 46.1. The number of hydrogen-bond donors (Lipinski definition) is 8. The second-order valence-electron chi connectivity index (χ2n) is 13.0. The molecule has 0 aliphatic carbocycles. The first-order valence-corrected chi connectivity index (χ1v) is 23.7. The highest BCUT2D eigenvalue weighted by Gasteiger charge is 2.29. The number of benzene rings is 6. The zero-order valence-corrected chi connectivity index (χ0v) is 35.7. The molecule has 27 heteroatoms. The predicted octanol–water partition coefficient (Wildman–Crippen LogP) is 7.25. The molecule has 0 unspecified atom stereocenters. The number of fused-ring (bicyclic) bond motifs is 1. The lowest BCUT2D eigenvalue weighted by molar-refractivity contribution is 0.319. The molecule has 6 aromatic rings. The van der Waals surface area contributed by atoms with E-state index in [9.17, 15) is 47.9 Å². The molecule has 0 aliphatic heterocycles. The Morgan fingerprint density at radius 1 is 0.587 bits per heavy atom. The Kier molecular flexibility index (Phi) is 12.8. The minimum absolute atomic E-state index is 0.0306. The zero-order valence-electron chi connectivity index (χ0n) is 31.6. The maximum absolute atomic E-state index is 13.2. The number of rotatable bonds is 14. The molecule has 0 heterocycles. The first-order chi connectivity index (χ1) is 29.5. The standard InChI is InChI=1S/C36H31ClN10O12S4/c37-26-16-29(28(39)17-27(26)38)44-41-19-1-3-22(4-2-19)47-61(52,53)24-11-7-21(8-12-24)43-46-35-32(63(57,58)59)15-25-31(62(54,55)56)18-30(34(40)33(25)36(35)49)45-42-20-5-9-23(10-6-20)60(50,51)14-13-48/h1-12,15-18,47-49H,13-14,38-40H2,(H,54,55,56)(H,57,58,59). The van der Waals surface area contributed by atoms with Crippen molar-refractivity contribution in [2.45, 2.75) is 19.6 Å². The van der Waals surface area contributed by atoms with Crippen LogP contribution in [0, 0.1) is 0 Å². The number of azo groups is 3. The number of sulfonamides is 1. The molecule has 0 amide bonds. The highest BCUT2D eigenvalue weighted by atomic mass is 35.5. The van der Waals surface area contributed by atoms with Gasteiger partial charge in [0.2, 0.25) is 0 Å². The van der Waals surface area contributed by atoms with Crippen LogP contribution < -0.4 is 21.9 Å². The number of hydrogen-bond acceptors (Lipinski definition) is 19. The average Bonchev–Trinajstić information content (AvgIpc) is 3.20. The Labute approximate surface area is 363 Å². The average molecular weight is 959 g/mol. The van der Waals surface area contributed by atoms with Crippen LogP contribution in [0.2, 0.25) is 5.02 Å². The lowest BCUT2D eigenvalue weighted by atomic mass is 10.0. The number of phenolic OH excluding ortho intramolecular Hbond substituents is 1. The second-order valence-corrected chi connectivity index (χ2v) is 19.9. The summed E-state index contributed by atoms with van der Waals surface area (Å²) in [6.45, 7) is -0.614. The molecule has 22 nitrogen and oxygen atoms in total. The van der Waals surface area contributed by atoms with Crippen LogP contribution >= 0.6 is 11.6 Å². The normalized spacial score (nSPS) is 12.8. The van der Waals surface area contributed by atoms with Crippen LogP contribution in [0.3, 0.4) is 0 Å². The summed E-state index contributed by atoms with van der Waals surface area (Å²) in [4.78, 5) is -2.57. The molecule has 0 fully saturated rings. The molecule has 0 saturated heterocycles. The van der Waals surface area contributed by atoms with Crippen LogP contribution in [-0.2, 0) is 40.1 Å². The van der Waals surface area contributed by atoms with Gasteiger partial charge in [-0.25, -0.2) is 16.8 Å². The predicted molar refractivity (Wildman–Crippen MR) is 232 cm³/mol. The second kappa shape index (κ2) is 17.6. The van der Waals surface area contributed by atoms with Crippen molar-refractivity contribution in [3.05, 3.63) is 102 Å². The first kappa shape index (κ1) is 45.9. The van der Waals surface area contributed by atoms with Crippen LogP contribution in [0.25, 0.3) is 10.8 Å². The number of aliphatic hydroxyl groups excluding tert-OH is 1. The molecule has 0 bridgehead atoms. The van der Waals surface area contributed by atoms with Gasteiger partial charge in [0.25, 0.3) is 30.3 Å². The first-order valence-electron chi connectivity index (χ1n) is 17.3. The van der Waals surface area contributed by atoms with Crippen molar-refractivity contribution >= 4 is 119 Å². The summed E-state index contributed by atoms with van der Waals surface area (Å²) >= 11 is 6.02. The fraction of sp³-hybridized carbons (Fsp3) is 0.0556. The summed E-state index contributed by atoms with van der Waals surface area (Å²) in [5, 5.41) is 42.8. The maximum atomic E-state index is 13.2. The van der Waals surface area contributed by atoms with Crippen LogP contribution in [0.15, 0.2) is 147 Å². The molecule has 11 N–H and O–H groups in total. The van der Waals surface area contributed by atoms with E-state index in [0.717, 1.165) is 12.1 Å². The molecule has 0 aliphatic rings. The Morgan fingerprint density at radius 3 is 1.63 bits per heavy atom. The van der Waals surface area contributed by atoms with Gasteiger partial charge in [-0.3, -0.25) is 13.8 Å². The van der Waals surface area contributed by atoms with E-state index in [1.807, 2.05) is 0 Å². The van der Waals surface area contributed by atoms with Gasteiger partial charge >= 0.3 is 0 Å². The van der Waals surface area contributed by atoms with Crippen molar-refractivity contribution in [2.75, 3.05) is 34.3 Å². The highest BCUT2D eigenvalue weighted by Crippen LogP contribution is 2.48. The van der Waals surface area contributed by atoms with Crippen LogP contribution in [0.1, 0.15) is 0 Å². The Hall–Kier alpha value is -6.65. The van der Waals surface area contributed by atoms with Crippen molar-refractivity contribution < 1.29 is 53.0 Å². The SMILES string of the molecule is Nc1cc(N)c(N=Nc2ccc(NS(=O)(=O)c3ccc(N=Nc4c(S(=O)(=O)O)cc5c(S(=O)(=O)O)cc(N=Nc6ccc(S(=O)(=O)CCO)cc6)c(N)c5c4O)cc3)cc2)cc1Cl. The van der Waals surface area contributed by atoms with E-state index in [1.54, 1.807) is 0 Å². The largest absolute Gasteiger partial charge is 0.505 e. The highest BCUT2D eigenvalue weighted by molar-refractivity contribution is 7.92. The third-order valence-electron chi connectivity index (χ3n) is 8.65. The Bertz CT molecular complexity index is 3340. The van der Waals surface area contributed by atoms with Gasteiger partial charge in [0, 0.05) is 11.1 Å². The van der Waals surface area contributed by atoms with Crippen molar-refractivity contribution in [1.82, 2.24) is 0 Å². The van der Waals surface area contributed by atoms with Gasteiger partial charge in [-0.2, -0.15) is 32.2 Å². The van der Waals surface area contributed by atoms with Crippen molar-refractivity contribution in [3.8, 4) is 5.75 Å². The quantitative estimate of drug-likeness (QED) is 0.0303. The van der Waals surface area contributed by atoms with Gasteiger partial charge in [-0.05, 0) is 97.1 Å². The summed E-state index contributed by atoms with van der Waals surface area (Å²) in [5.41, 5.74) is 17.1. The summed E-state index contributed by atoms with van der Waals surface area (Å²) in [6.07, 6.45) is 0. The van der Waals surface area contributed by atoms with Crippen molar-refractivity contribution in [1.29, 1.82) is 0 Å². The monoisotopic (exact) mass is 958 g/mol. The third kappa shape index (κ3) is 10.4. The molecule has 0 saturated carbocycles. The molecular formula is C36H31ClN10O12S4. The number of halogens is 1. The van der Waals surface area contributed by atoms with E-state index in [4.69, 9.17) is 33.9 Å². The third-order valence-corrected chi connectivity index (χ3v) is 13.8. The Balaban J connectivity index is 1.29. The van der Waals surface area contributed by atoms with E-state index < -0.39 is 95.8 Å². The van der Waals surface area contributed by atoms with Gasteiger partial charge in [-0.15, -0.1) is 15.3 Å². The number of sulfone groups is 1. The van der Waals surface area contributed by atoms with Crippen molar-refractivity contribution in [2.24, 2.45) is 30.7 Å². The molecule has 6 rings (SSSR count). The van der Waals surface area contributed by atoms with Gasteiger partial charge in [0.05, 0.1) is 66.7 Å². The number of nitrogens with zero attached hydrogens (tertiary/aromatic N) is 6. The number of nitrogen functional groups attached to an aromatic ring is 3. The minimum Gasteiger partial charge on any atom is -0.505 e. The van der Waals surface area contributed by atoms with Gasteiger partial charge in [0.1, 0.15) is 26.9 Å². The molecule has 0 radical (unpaired) electrons. The summed E-state index contributed by atoms with van der Waals surface area (Å²) < 4.78 is 123. The van der Waals surface area contributed by atoms with Crippen LogP contribution in [0.4, 0.5) is 56.9 Å². The Morgan fingerprint density at radius 2 is 1.10 bits per heavy atom. The minimum atomic E-state index is -5.32. The van der Waals surface area contributed by atoms with E-state index in [-0.39, 0.29) is 48.9 Å². The molecule has 328 valence electrons. The van der Waals surface area contributed by atoms with E-state index in [2.05, 4.69) is 35.4 Å². The summed E-state index contributed by atoms with van der Waals surface area (Å²) in [7, 11) is -18.6. The lowest BCUT2D eigenvalue weighted by Gasteiger charge is -2.14. The molecule has 6 aromatic carbocycles.